The molecule has 3 aromatic rings. The van der Waals surface area contributed by atoms with Crippen LogP contribution in [0.2, 0.25) is 0 Å². The van der Waals surface area contributed by atoms with E-state index in [1.54, 1.807) is 36.4 Å². The van der Waals surface area contributed by atoms with E-state index in [-0.39, 0.29) is 16.9 Å². The number of para-hydroxylation sites is 1. The number of fused-ring (bicyclic) bond motifs is 1. The Labute approximate surface area is 187 Å². The first-order valence-electron chi connectivity index (χ1n) is 9.77. The Hall–Kier alpha value is -4.01. The van der Waals surface area contributed by atoms with Gasteiger partial charge in [0.2, 0.25) is 6.23 Å². The van der Waals surface area contributed by atoms with Gasteiger partial charge < -0.3 is 14.2 Å². The molecule has 33 heavy (non-hydrogen) atoms. The van der Waals surface area contributed by atoms with Crippen LogP contribution in [0.4, 0.5) is 13.2 Å². The number of hydrogen-bond donors (Lipinski definition) is 0. The number of hydrogen-bond acceptors (Lipinski definition) is 5. The second-order valence-corrected chi connectivity index (χ2v) is 7.14. The number of methoxy groups -OCH3 is 2. The lowest BCUT2D eigenvalue weighted by atomic mass is 10.0. The Balaban J connectivity index is 1.79. The van der Waals surface area contributed by atoms with Gasteiger partial charge in [0.1, 0.15) is 5.75 Å². The van der Waals surface area contributed by atoms with Gasteiger partial charge in [-0.15, -0.1) is 0 Å². The van der Waals surface area contributed by atoms with E-state index in [4.69, 9.17) is 14.2 Å². The number of carbonyl (C=O) groups is 2. The number of imide groups is 1. The van der Waals surface area contributed by atoms with Crippen LogP contribution >= 0.6 is 0 Å². The van der Waals surface area contributed by atoms with Crippen LogP contribution in [-0.2, 0) is 6.18 Å². The highest BCUT2D eigenvalue weighted by Gasteiger charge is 2.40. The summed E-state index contributed by atoms with van der Waals surface area (Å²) in [6.07, 6.45) is -5.73. The van der Waals surface area contributed by atoms with E-state index in [0.717, 1.165) is 29.2 Å². The Morgan fingerprint density at radius 1 is 0.939 bits per heavy atom. The molecule has 0 bridgehead atoms. The molecule has 0 fully saturated rings. The summed E-state index contributed by atoms with van der Waals surface area (Å²) in [4.78, 5) is 27.5. The molecule has 0 radical (unpaired) electrons. The second-order valence-electron chi connectivity index (χ2n) is 7.14. The van der Waals surface area contributed by atoms with E-state index in [1.807, 2.05) is 0 Å². The molecule has 3 aromatic carbocycles. The molecule has 0 saturated carbocycles. The molecule has 4 rings (SSSR count). The molecule has 1 aliphatic heterocycles. The Kier molecular flexibility index (Phi) is 5.71. The van der Waals surface area contributed by atoms with Crippen LogP contribution in [0.15, 0.2) is 66.7 Å². The zero-order chi connectivity index (χ0) is 23.8. The summed E-state index contributed by atoms with van der Waals surface area (Å²) < 4.78 is 55.3. The fourth-order valence-electron chi connectivity index (χ4n) is 3.52. The lowest BCUT2D eigenvalue weighted by Crippen LogP contribution is -2.45. The minimum Gasteiger partial charge on any atom is -0.493 e. The van der Waals surface area contributed by atoms with Crippen LogP contribution in [0.1, 0.15) is 38.1 Å². The second kappa shape index (κ2) is 8.50. The highest BCUT2D eigenvalue weighted by atomic mass is 19.4. The van der Waals surface area contributed by atoms with Crippen molar-refractivity contribution in [3.05, 3.63) is 89.0 Å². The van der Waals surface area contributed by atoms with Crippen molar-refractivity contribution >= 4 is 11.8 Å². The molecule has 0 aliphatic carbocycles. The standard InChI is InChI=1S/C24H18F3NO5/c1-31-19-12-9-15(13-20(19)32-2)23-28(22(30)17-5-3-4-6-18(17)33-23)21(29)14-7-10-16(11-8-14)24(25,26)27/h3-13,23H,1-2H3. The summed E-state index contributed by atoms with van der Waals surface area (Å²) in [5.41, 5.74) is -0.419. The van der Waals surface area contributed by atoms with Crippen molar-refractivity contribution in [2.75, 3.05) is 14.2 Å². The van der Waals surface area contributed by atoms with Gasteiger partial charge in [-0.1, -0.05) is 12.1 Å². The minimum absolute atomic E-state index is 0.0928. The SMILES string of the molecule is COc1ccc(C2Oc3ccccc3C(=O)N2C(=O)c2ccc(C(F)(F)F)cc2)cc1OC. The fraction of sp³-hybridized carbons (Fsp3) is 0.167. The van der Waals surface area contributed by atoms with E-state index >= 15 is 0 Å². The third-order valence-corrected chi connectivity index (χ3v) is 5.18. The van der Waals surface area contributed by atoms with Crippen molar-refractivity contribution in [2.24, 2.45) is 0 Å². The summed E-state index contributed by atoms with van der Waals surface area (Å²) in [5, 5.41) is 0. The summed E-state index contributed by atoms with van der Waals surface area (Å²) in [5.74, 6) is -0.375. The predicted octanol–water partition coefficient (Wildman–Crippen LogP) is 5.10. The molecule has 0 aromatic heterocycles. The first kappa shape index (κ1) is 22.2. The third-order valence-electron chi connectivity index (χ3n) is 5.18. The molecular formula is C24H18F3NO5. The number of ether oxygens (including phenoxy) is 3. The number of benzene rings is 3. The molecule has 2 amide bonds. The number of halogens is 3. The molecule has 0 N–H and O–H groups in total. The lowest BCUT2D eigenvalue weighted by molar-refractivity contribution is -0.137. The van der Waals surface area contributed by atoms with E-state index in [2.05, 4.69) is 0 Å². The van der Waals surface area contributed by atoms with Crippen molar-refractivity contribution < 1.29 is 37.0 Å². The van der Waals surface area contributed by atoms with Crippen LogP contribution in [0.5, 0.6) is 17.2 Å². The normalized spacial score (nSPS) is 15.5. The zero-order valence-electron chi connectivity index (χ0n) is 17.6. The van der Waals surface area contributed by atoms with Gasteiger partial charge in [-0.05, 0) is 54.6 Å². The molecular weight excluding hydrogens is 439 g/mol. The van der Waals surface area contributed by atoms with Crippen LogP contribution in [-0.4, -0.2) is 30.9 Å². The Morgan fingerprint density at radius 2 is 1.61 bits per heavy atom. The molecule has 170 valence electrons. The van der Waals surface area contributed by atoms with Crippen molar-refractivity contribution in [3.8, 4) is 17.2 Å². The van der Waals surface area contributed by atoms with E-state index < -0.39 is 29.8 Å². The van der Waals surface area contributed by atoms with Crippen molar-refractivity contribution in [1.29, 1.82) is 0 Å². The smallest absolute Gasteiger partial charge is 0.416 e. The van der Waals surface area contributed by atoms with E-state index in [1.165, 1.54) is 20.3 Å². The van der Waals surface area contributed by atoms with Gasteiger partial charge in [0.05, 0.1) is 25.3 Å². The van der Waals surface area contributed by atoms with Gasteiger partial charge in [0, 0.05) is 11.1 Å². The first-order valence-corrected chi connectivity index (χ1v) is 9.77. The van der Waals surface area contributed by atoms with Gasteiger partial charge >= 0.3 is 6.18 Å². The van der Waals surface area contributed by atoms with E-state index in [0.29, 0.717) is 17.1 Å². The average molecular weight is 457 g/mol. The first-order chi connectivity index (χ1) is 15.7. The topological polar surface area (TPSA) is 65.1 Å². The highest BCUT2D eigenvalue weighted by molar-refractivity contribution is 6.12. The van der Waals surface area contributed by atoms with Crippen LogP contribution in [0.25, 0.3) is 0 Å². The molecule has 0 saturated heterocycles. The Bertz CT molecular complexity index is 1210. The zero-order valence-corrected chi connectivity index (χ0v) is 17.6. The number of amides is 2. The number of carbonyl (C=O) groups excluding carboxylic acids is 2. The van der Waals surface area contributed by atoms with Crippen molar-refractivity contribution in [2.45, 2.75) is 12.4 Å². The van der Waals surface area contributed by atoms with Gasteiger partial charge in [-0.25, -0.2) is 4.90 Å². The summed E-state index contributed by atoms with van der Waals surface area (Å²) in [6.45, 7) is 0. The molecule has 0 spiro atoms. The van der Waals surface area contributed by atoms with Crippen LogP contribution in [0, 0.1) is 0 Å². The molecule has 1 unspecified atom stereocenters. The molecule has 9 heteroatoms. The monoisotopic (exact) mass is 457 g/mol. The molecule has 6 nitrogen and oxygen atoms in total. The quantitative estimate of drug-likeness (QED) is 0.511. The molecule has 1 heterocycles. The lowest BCUT2D eigenvalue weighted by Gasteiger charge is -2.35. The summed E-state index contributed by atoms with van der Waals surface area (Å²) >= 11 is 0. The maximum atomic E-state index is 13.3. The van der Waals surface area contributed by atoms with Crippen LogP contribution < -0.4 is 14.2 Å². The molecule has 1 atom stereocenters. The highest BCUT2D eigenvalue weighted by Crippen LogP contribution is 2.39. The maximum Gasteiger partial charge on any atom is 0.416 e. The summed E-state index contributed by atoms with van der Waals surface area (Å²) in [7, 11) is 2.91. The number of alkyl halides is 3. The number of rotatable bonds is 4. The largest absolute Gasteiger partial charge is 0.493 e. The van der Waals surface area contributed by atoms with Gasteiger partial charge in [0.15, 0.2) is 11.5 Å². The fourth-order valence-corrected chi connectivity index (χ4v) is 3.52. The van der Waals surface area contributed by atoms with Crippen molar-refractivity contribution in [3.63, 3.8) is 0 Å². The number of nitrogens with zero attached hydrogens (tertiary/aromatic N) is 1. The van der Waals surface area contributed by atoms with Crippen molar-refractivity contribution in [1.82, 2.24) is 4.90 Å². The van der Waals surface area contributed by atoms with Crippen LogP contribution in [0.3, 0.4) is 0 Å². The molecule has 1 aliphatic rings. The maximum absolute atomic E-state index is 13.3. The van der Waals surface area contributed by atoms with E-state index in [9.17, 15) is 22.8 Å². The predicted molar refractivity (Wildman–Crippen MR) is 111 cm³/mol. The third kappa shape index (κ3) is 4.09. The average Bonchev–Trinajstić information content (AvgIpc) is 2.82. The van der Waals surface area contributed by atoms with Gasteiger partial charge in [-0.2, -0.15) is 13.2 Å². The van der Waals surface area contributed by atoms with Gasteiger partial charge in [0.25, 0.3) is 11.8 Å². The minimum atomic E-state index is -4.55. The summed E-state index contributed by atoms with van der Waals surface area (Å²) in [6, 6.07) is 14.8. The van der Waals surface area contributed by atoms with Gasteiger partial charge in [-0.3, -0.25) is 9.59 Å². The Morgan fingerprint density at radius 3 is 2.24 bits per heavy atom.